The van der Waals surface area contributed by atoms with E-state index < -0.39 is 0 Å². The third-order valence-electron chi connectivity index (χ3n) is 2.54. The lowest BCUT2D eigenvalue weighted by atomic mass is 10.1. The van der Waals surface area contributed by atoms with Crippen LogP contribution in [0.15, 0.2) is 23.8 Å². The molecule has 0 heterocycles. The number of hydrogen-bond donors (Lipinski definition) is 1. The summed E-state index contributed by atoms with van der Waals surface area (Å²) in [6.45, 7) is 7.28. The largest absolute Gasteiger partial charge is 0.311 e. The van der Waals surface area contributed by atoms with Crippen molar-refractivity contribution in [1.29, 1.82) is 0 Å². The van der Waals surface area contributed by atoms with Gasteiger partial charge in [0.05, 0.1) is 0 Å². The summed E-state index contributed by atoms with van der Waals surface area (Å²) in [5.74, 6) is 0. The van der Waals surface area contributed by atoms with E-state index in [1.54, 1.807) is 0 Å². The molecule has 0 aliphatic heterocycles. The molecule has 0 aromatic heterocycles. The van der Waals surface area contributed by atoms with Crippen LogP contribution in [0, 0.1) is 0 Å². The molecule has 0 saturated carbocycles. The van der Waals surface area contributed by atoms with E-state index >= 15 is 0 Å². The average molecular weight is 272 g/mol. The maximum absolute atomic E-state index is 6.14. The van der Waals surface area contributed by atoms with Gasteiger partial charge in [0.1, 0.15) is 0 Å². The van der Waals surface area contributed by atoms with E-state index in [1.807, 2.05) is 18.2 Å². The van der Waals surface area contributed by atoms with Crippen molar-refractivity contribution in [2.24, 2.45) is 0 Å². The number of hydrogen-bond acceptors (Lipinski definition) is 1. The van der Waals surface area contributed by atoms with Crippen molar-refractivity contribution in [2.45, 2.75) is 33.2 Å². The highest BCUT2D eigenvalue weighted by atomic mass is 35.5. The summed E-state index contributed by atoms with van der Waals surface area (Å²) in [5, 5.41) is 4.80. The monoisotopic (exact) mass is 271 g/mol. The first kappa shape index (κ1) is 14.6. The van der Waals surface area contributed by atoms with Gasteiger partial charge in [-0.3, -0.25) is 0 Å². The van der Waals surface area contributed by atoms with Crippen LogP contribution in [0.1, 0.15) is 32.8 Å². The molecule has 1 rings (SSSR count). The van der Waals surface area contributed by atoms with Gasteiger partial charge in [0.15, 0.2) is 0 Å². The molecule has 17 heavy (non-hydrogen) atoms. The minimum absolute atomic E-state index is 0.478. The molecule has 0 bridgehead atoms. The Morgan fingerprint density at radius 2 is 1.88 bits per heavy atom. The predicted molar refractivity (Wildman–Crippen MR) is 77.9 cm³/mol. The van der Waals surface area contributed by atoms with Crippen molar-refractivity contribution in [1.82, 2.24) is 5.32 Å². The van der Waals surface area contributed by atoms with Crippen molar-refractivity contribution in [3.05, 3.63) is 39.4 Å². The molecule has 3 heteroatoms. The molecule has 1 aromatic rings. The quantitative estimate of drug-likeness (QED) is 0.813. The maximum atomic E-state index is 6.14. The zero-order valence-corrected chi connectivity index (χ0v) is 12.1. The van der Waals surface area contributed by atoms with E-state index in [-0.39, 0.29) is 0 Å². The SMILES string of the molecule is CCC(=Cc1c(Cl)cccc1Cl)CNC(C)C. The van der Waals surface area contributed by atoms with Crippen LogP contribution in [-0.4, -0.2) is 12.6 Å². The third kappa shape index (κ3) is 4.71. The first-order valence-electron chi connectivity index (χ1n) is 5.91. The van der Waals surface area contributed by atoms with Crippen LogP contribution in [0.25, 0.3) is 6.08 Å². The molecule has 0 unspecified atom stereocenters. The number of benzene rings is 1. The summed E-state index contributed by atoms with van der Waals surface area (Å²) in [6, 6.07) is 6.07. The molecule has 0 fully saturated rings. The molecule has 94 valence electrons. The van der Waals surface area contributed by atoms with Crippen molar-refractivity contribution >= 4 is 29.3 Å². The van der Waals surface area contributed by atoms with Gasteiger partial charge < -0.3 is 5.32 Å². The Kier molecular flexibility index (Phi) is 6.04. The Labute approximate surface area is 114 Å². The van der Waals surface area contributed by atoms with Gasteiger partial charge in [-0.1, -0.05) is 61.7 Å². The summed E-state index contributed by atoms with van der Waals surface area (Å²) < 4.78 is 0. The average Bonchev–Trinajstić information content (AvgIpc) is 2.27. The van der Waals surface area contributed by atoms with Crippen molar-refractivity contribution < 1.29 is 0 Å². The van der Waals surface area contributed by atoms with Crippen molar-refractivity contribution in [3.63, 3.8) is 0 Å². The van der Waals surface area contributed by atoms with Crippen LogP contribution < -0.4 is 5.32 Å². The second-order valence-electron chi connectivity index (χ2n) is 4.33. The van der Waals surface area contributed by atoms with Crippen LogP contribution in [0.5, 0.6) is 0 Å². The summed E-state index contributed by atoms with van der Waals surface area (Å²) in [5.41, 5.74) is 2.21. The van der Waals surface area contributed by atoms with Crippen LogP contribution in [-0.2, 0) is 0 Å². The first-order valence-corrected chi connectivity index (χ1v) is 6.67. The first-order chi connectivity index (χ1) is 8.04. The van der Waals surface area contributed by atoms with E-state index in [0.29, 0.717) is 16.1 Å². The second-order valence-corrected chi connectivity index (χ2v) is 5.14. The van der Waals surface area contributed by atoms with Crippen LogP contribution in [0.3, 0.4) is 0 Å². The molecule has 0 aliphatic rings. The van der Waals surface area contributed by atoms with E-state index in [1.165, 1.54) is 5.57 Å². The Balaban J connectivity index is 2.90. The van der Waals surface area contributed by atoms with Gasteiger partial charge in [-0.15, -0.1) is 0 Å². The lowest BCUT2D eigenvalue weighted by molar-refractivity contribution is 0.617. The molecule has 1 N–H and O–H groups in total. The van der Waals surface area contributed by atoms with Crippen molar-refractivity contribution in [2.75, 3.05) is 6.54 Å². The minimum Gasteiger partial charge on any atom is -0.311 e. The van der Waals surface area contributed by atoms with E-state index in [9.17, 15) is 0 Å². The van der Waals surface area contributed by atoms with Crippen molar-refractivity contribution in [3.8, 4) is 0 Å². The highest BCUT2D eigenvalue weighted by molar-refractivity contribution is 6.37. The highest BCUT2D eigenvalue weighted by Gasteiger charge is 2.04. The van der Waals surface area contributed by atoms with Gasteiger partial charge >= 0.3 is 0 Å². The molecule has 1 aromatic carbocycles. The predicted octanol–water partition coefficient (Wildman–Crippen LogP) is 4.78. The smallest absolute Gasteiger partial charge is 0.0493 e. The number of nitrogens with one attached hydrogen (secondary N) is 1. The number of halogens is 2. The topological polar surface area (TPSA) is 12.0 Å². The summed E-state index contributed by atoms with van der Waals surface area (Å²) in [4.78, 5) is 0. The molecule has 0 spiro atoms. The lowest BCUT2D eigenvalue weighted by Gasteiger charge is -2.11. The Morgan fingerprint density at radius 3 is 2.35 bits per heavy atom. The van der Waals surface area contributed by atoms with E-state index in [4.69, 9.17) is 23.2 Å². The molecule has 0 atom stereocenters. The van der Waals surface area contributed by atoms with Crippen LogP contribution in [0.4, 0.5) is 0 Å². The van der Waals surface area contributed by atoms with Crippen LogP contribution in [0.2, 0.25) is 10.0 Å². The molecular formula is C14H19Cl2N. The fourth-order valence-electron chi connectivity index (χ4n) is 1.47. The van der Waals surface area contributed by atoms with E-state index in [0.717, 1.165) is 18.5 Å². The molecule has 0 aliphatic carbocycles. The zero-order valence-electron chi connectivity index (χ0n) is 10.6. The van der Waals surface area contributed by atoms with Gasteiger partial charge in [-0.05, 0) is 18.6 Å². The normalized spacial score (nSPS) is 12.2. The summed E-state index contributed by atoms with van der Waals surface area (Å²) in [7, 11) is 0. The second kappa shape index (κ2) is 7.05. The summed E-state index contributed by atoms with van der Waals surface area (Å²) >= 11 is 12.3. The van der Waals surface area contributed by atoms with Crippen LogP contribution >= 0.6 is 23.2 Å². The Bertz CT molecular complexity index is 377. The van der Waals surface area contributed by atoms with Gasteiger partial charge in [0.25, 0.3) is 0 Å². The maximum Gasteiger partial charge on any atom is 0.0493 e. The standard InChI is InChI=1S/C14H19Cl2N/c1-4-11(9-17-10(2)3)8-12-13(15)6-5-7-14(12)16/h5-8,10,17H,4,9H2,1-3H3. The Morgan fingerprint density at radius 1 is 1.29 bits per heavy atom. The molecule has 0 amide bonds. The minimum atomic E-state index is 0.478. The van der Waals surface area contributed by atoms with Gasteiger partial charge in [0, 0.05) is 28.2 Å². The fourth-order valence-corrected chi connectivity index (χ4v) is 1.97. The zero-order chi connectivity index (χ0) is 12.8. The van der Waals surface area contributed by atoms with Gasteiger partial charge in [0.2, 0.25) is 0 Å². The molecule has 1 nitrogen and oxygen atoms in total. The number of rotatable bonds is 5. The van der Waals surface area contributed by atoms with Gasteiger partial charge in [-0.2, -0.15) is 0 Å². The highest BCUT2D eigenvalue weighted by Crippen LogP contribution is 2.27. The Hall–Kier alpha value is -0.500. The fraction of sp³-hybridized carbons (Fsp3) is 0.429. The third-order valence-corrected chi connectivity index (χ3v) is 3.20. The molecular weight excluding hydrogens is 253 g/mol. The summed E-state index contributed by atoms with van der Waals surface area (Å²) in [6.07, 6.45) is 3.07. The van der Waals surface area contributed by atoms with E-state index in [2.05, 4.69) is 32.2 Å². The molecule has 0 radical (unpaired) electrons. The molecule has 0 saturated heterocycles. The lowest BCUT2D eigenvalue weighted by Crippen LogP contribution is -2.24. The van der Waals surface area contributed by atoms with Gasteiger partial charge in [-0.25, -0.2) is 0 Å².